The molecule has 0 spiro atoms. The van der Waals surface area contributed by atoms with Gasteiger partial charge in [0.05, 0.1) is 5.02 Å². The van der Waals surface area contributed by atoms with Crippen LogP contribution in [0.4, 0.5) is 0 Å². The van der Waals surface area contributed by atoms with E-state index in [0.717, 1.165) is 12.8 Å². The number of carbonyl (C=O) groups excluding carboxylic acids is 1. The second kappa shape index (κ2) is 6.98. The number of ether oxygens (including phenoxy) is 1. The largest absolute Gasteiger partial charge is 0.479 e. The fourth-order valence-electron chi connectivity index (χ4n) is 2.70. The molecule has 1 aliphatic carbocycles. The zero-order chi connectivity index (χ0) is 14.5. The molecule has 0 saturated heterocycles. The van der Waals surface area contributed by atoms with Gasteiger partial charge in [-0.25, -0.2) is 0 Å². The number of carbonyl (C=O) groups is 1. The van der Waals surface area contributed by atoms with Gasteiger partial charge in [0.2, 0.25) is 0 Å². The number of benzene rings is 1. The Kier molecular flexibility index (Phi) is 5.30. The first-order valence-electron chi connectivity index (χ1n) is 7.31. The lowest BCUT2D eigenvalue weighted by atomic mass is 10.1. The molecule has 0 aliphatic heterocycles. The van der Waals surface area contributed by atoms with Crippen LogP contribution >= 0.6 is 11.6 Å². The molecule has 1 amide bonds. The van der Waals surface area contributed by atoms with Crippen LogP contribution in [0.15, 0.2) is 24.3 Å². The molecule has 0 radical (unpaired) electrons. The van der Waals surface area contributed by atoms with Gasteiger partial charge in [-0.2, -0.15) is 0 Å². The Morgan fingerprint density at radius 1 is 1.40 bits per heavy atom. The molecule has 3 nitrogen and oxygen atoms in total. The molecule has 0 heterocycles. The summed E-state index contributed by atoms with van der Waals surface area (Å²) in [6.07, 6.45) is 4.81. The molecule has 0 aromatic heterocycles. The van der Waals surface area contributed by atoms with Gasteiger partial charge in [0, 0.05) is 13.1 Å². The molecule has 1 aliphatic rings. The van der Waals surface area contributed by atoms with Crippen LogP contribution in [0.3, 0.4) is 0 Å². The Bertz CT molecular complexity index is 458. The lowest BCUT2D eigenvalue weighted by Gasteiger charge is -2.28. The second-order valence-corrected chi connectivity index (χ2v) is 5.74. The quantitative estimate of drug-likeness (QED) is 0.824. The fourth-order valence-corrected chi connectivity index (χ4v) is 2.88. The van der Waals surface area contributed by atoms with Gasteiger partial charge in [-0.1, -0.05) is 43.5 Å². The Labute approximate surface area is 125 Å². The van der Waals surface area contributed by atoms with E-state index >= 15 is 0 Å². The van der Waals surface area contributed by atoms with Crippen molar-refractivity contribution in [1.29, 1.82) is 0 Å². The lowest BCUT2D eigenvalue weighted by Crippen LogP contribution is -2.44. The topological polar surface area (TPSA) is 29.5 Å². The number of halogens is 1. The molecule has 0 N–H and O–H groups in total. The summed E-state index contributed by atoms with van der Waals surface area (Å²) in [7, 11) is 1.89. The summed E-state index contributed by atoms with van der Waals surface area (Å²) in [5.41, 5.74) is 0. The summed E-state index contributed by atoms with van der Waals surface area (Å²) >= 11 is 6.09. The minimum Gasteiger partial charge on any atom is -0.479 e. The van der Waals surface area contributed by atoms with Crippen LogP contribution in [0.2, 0.25) is 5.02 Å². The molecule has 110 valence electrons. The summed E-state index contributed by atoms with van der Waals surface area (Å²) in [4.78, 5) is 14.4. The predicted molar refractivity (Wildman–Crippen MR) is 81.2 cm³/mol. The van der Waals surface area contributed by atoms with Crippen LogP contribution in [-0.2, 0) is 4.79 Å². The van der Waals surface area contributed by atoms with E-state index in [1.807, 2.05) is 31.0 Å². The maximum atomic E-state index is 12.5. The van der Waals surface area contributed by atoms with Gasteiger partial charge in [-0.3, -0.25) is 4.79 Å². The van der Waals surface area contributed by atoms with Gasteiger partial charge in [0.15, 0.2) is 6.10 Å². The highest BCUT2D eigenvalue weighted by molar-refractivity contribution is 6.32. The fraction of sp³-hybridized carbons (Fsp3) is 0.562. The van der Waals surface area contributed by atoms with Crippen molar-refractivity contribution in [2.24, 2.45) is 0 Å². The zero-order valence-electron chi connectivity index (χ0n) is 12.1. The molecule has 1 atom stereocenters. The molecule has 1 fully saturated rings. The van der Waals surface area contributed by atoms with Gasteiger partial charge in [0.25, 0.3) is 5.91 Å². The highest BCUT2D eigenvalue weighted by atomic mass is 35.5. The lowest BCUT2D eigenvalue weighted by molar-refractivity contribution is -0.139. The molecule has 4 heteroatoms. The standard InChI is InChI=1S/C16H22ClNO2/c1-3-14(20-15-11-7-6-10-13(15)17)16(19)18(2)12-8-4-5-9-12/h6-7,10-12,14H,3-5,8-9H2,1-2H3/t14-/m1/s1. The van der Waals surface area contributed by atoms with E-state index in [9.17, 15) is 4.79 Å². The minimum atomic E-state index is -0.458. The zero-order valence-corrected chi connectivity index (χ0v) is 12.9. The normalized spacial score (nSPS) is 16.9. The minimum absolute atomic E-state index is 0.0549. The molecule has 1 aromatic rings. The molecular weight excluding hydrogens is 274 g/mol. The number of rotatable bonds is 5. The Morgan fingerprint density at radius 2 is 2.05 bits per heavy atom. The third-order valence-electron chi connectivity index (χ3n) is 3.97. The highest BCUT2D eigenvalue weighted by Crippen LogP contribution is 2.27. The predicted octanol–water partition coefficient (Wildman–Crippen LogP) is 3.90. The van der Waals surface area contributed by atoms with Crippen LogP contribution in [0, 0.1) is 0 Å². The summed E-state index contributed by atoms with van der Waals surface area (Å²) in [5.74, 6) is 0.633. The molecular formula is C16H22ClNO2. The number of hydrogen-bond donors (Lipinski definition) is 0. The highest BCUT2D eigenvalue weighted by Gasteiger charge is 2.29. The summed E-state index contributed by atoms with van der Waals surface area (Å²) in [6.45, 7) is 1.96. The Morgan fingerprint density at radius 3 is 2.65 bits per heavy atom. The molecule has 0 unspecified atom stereocenters. The van der Waals surface area contributed by atoms with E-state index in [2.05, 4.69) is 0 Å². The molecule has 1 aromatic carbocycles. The number of amides is 1. The van der Waals surface area contributed by atoms with E-state index in [4.69, 9.17) is 16.3 Å². The monoisotopic (exact) mass is 295 g/mol. The summed E-state index contributed by atoms with van der Waals surface area (Å²) in [5, 5.41) is 0.544. The Balaban J connectivity index is 2.03. The van der Waals surface area contributed by atoms with Crippen LogP contribution in [-0.4, -0.2) is 30.0 Å². The first-order valence-corrected chi connectivity index (χ1v) is 7.69. The number of likely N-dealkylation sites (N-methyl/N-ethyl adjacent to an activating group) is 1. The average molecular weight is 296 g/mol. The van der Waals surface area contributed by atoms with Crippen molar-refractivity contribution in [3.63, 3.8) is 0 Å². The third-order valence-corrected chi connectivity index (χ3v) is 4.28. The second-order valence-electron chi connectivity index (χ2n) is 5.33. The summed E-state index contributed by atoms with van der Waals surface area (Å²) < 4.78 is 5.81. The van der Waals surface area contributed by atoms with Crippen LogP contribution in [0.5, 0.6) is 5.75 Å². The van der Waals surface area contributed by atoms with Gasteiger partial charge in [-0.15, -0.1) is 0 Å². The smallest absolute Gasteiger partial charge is 0.263 e. The molecule has 20 heavy (non-hydrogen) atoms. The van der Waals surface area contributed by atoms with E-state index in [0.29, 0.717) is 23.2 Å². The van der Waals surface area contributed by atoms with E-state index < -0.39 is 6.10 Å². The van der Waals surface area contributed by atoms with E-state index in [-0.39, 0.29) is 5.91 Å². The maximum Gasteiger partial charge on any atom is 0.263 e. The van der Waals surface area contributed by atoms with Crippen molar-refractivity contribution < 1.29 is 9.53 Å². The summed E-state index contributed by atoms with van der Waals surface area (Å²) in [6, 6.07) is 7.65. The third kappa shape index (κ3) is 3.45. The first kappa shape index (κ1) is 15.2. The molecule has 2 rings (SSSR count). The average Bonchev–Trinajstić information content (AvgIpc) is 2.99. The van der Waals surface area contributed by atoms with Gasteiger partial charge >= 0.3 is 0 Å². The van der Waals surface area contributed by atoms with Crippen LogP contribution in [0.1, 0.15) is 39.0 Å². The van der Waals surface area contributed by atoms with Crippen molar-refractivity contribution in [1.82, 2.24) is 4.90 Å². The first-order chi connectivity index (χ1) is 9.63. The van der Waals surface area contributed by atoms with E-state index in [1.165, 1.54) is 12.8 Å². The maximum absolute atomic E-state index is 12.5. The SMILES string of the molecule is CC[C@@H](Oc1ccccc1Cl)C(=O)N(C)C1CCCC1. The van der Waals surface area contributed by atoms with Crippen LogP contribution < -0.4 is 4.74 Å². The van der Waals surface area contributed by atoms with Gasteiger partial charge < -0.3 is 9.64 Å². The molecule has 1 saturated carbocycles. The van der Waals surface area contributed by atoms with Crippen LogP contribution in [0.25, 0.3) is 0 Å². The number of para-hydroxylation sites is 1. The van der Waals surface area contributed by atoms with Crippen molar-refractivity contribution in [2.45, 2.75) is 51.2 Å². The molecule has 0 bridgehead atoms. The van der Waals surface area contributed by atoms with Crippen molar-refractivity contribution in [3.8, 4) is 5.75 Å². The van der Waals surface area contributed by atoms with Crippen molar-refractivity contribution in [2.75, 3.05) is 7.05 Å². The number of nitrogens with zero attached hydrogens (tertiary/aromatic N) is 1. The van der Waals surface area contributed by atoms with Gasteiger partial charge in [0.1, 0.15) is 5.75 Å². The Hall–Kier alpha value is -1.22. The van der Waals surface area contributed by atoms with Gasteiger partial charge in [-0.05, 0) is 31.4 Å². The van der Waals surface area contributed by atoms with E-state index in [1.54, 1.807) is 12.1 Å². The van der Waals surface area contributed by atoms with Crippen molar-refractivity contribution >= 4 is 17.5 Å². The number of hydrogen-bond acceptors (Lipinski definition) is 2. The van der Waals surface area contributed by atoms with Crippen molar-refractivity contribution in [3.05, 3.63) is 29.3 Å².